The van der Waals surface area contributed by atoms with Gasteiger partial charge in [0, 0.05) is 17.3 Å². The molecular formula is C18H25N3O. The molecule has 0 aliphatic heterocycles. The molecule has 1 aliphatic carbocycles. The van der Waals surface area contributed by atoms with Gasteiger partial charge in [-0.1, -0.05) is 31.5 Å². The van der Waals surface area contributed by atoms with Crippen molar-refractivity contribution in [1.29, 1.82) is 0 Å². The molecule has 0 saturated heterocycles. The minimum absolute atomic E-state index is 0.0568. The highest BCUT2D eigenvalue weighted by Crippen LogP contribution is 2.26. The summed E-state index contributed by atoms with van der Waals surface area (Å²) >= 11 is 0. The fraction of sp³-hybridized carbons (Fsp3) is 0.500. The van der Waals surface area contributed by atoms with Crippen LogP contribution in [0.15, 0.2) is 30.3 Å². The first-order valence-electron chi connectivity index (χ1n) is 8.35. The van der Waals surface area contributed by atoms with Crippen LogP contribution >= 0.6 is 0 Å². The maximum atomic E-state index is 12.0. The summed E-state index contributed by atoms with van der Waals surface area (Å²) in [7, 11) is 0. The minimum atomic E-state index is -0.0568. The lowest BCUT2D eigenvalue weighted by molar-refractivity contribution is 0.226. The van der Waals surface area contributed by atoms with Gasteiger partial charge in [-0.2, -0.15) is 0 Å². The molecule has 2 amide bonds. The topological polar surface area (TPSA) is 56.9 Å². The molecule has 4 nitrogen and oxygen atoms in total. The van der Waals surface area contributed by atoms with Gasteiger partial charge in [0.05, 0.1) is 6.54 Å². The standard InChI is InChI=1S/C18H25N3O/c1-2-13-7-9-15(10-8-13)21-18(22)19-12-16-11-14-5-3-4-6-17(14)20-16/h3-6,11,13,15,20H,2,7-10,12H2,1H3,(H2,19,21,22). The molecule has 3 N–H and O–H groups in total. The van der Waals surface area contributed by atoms with E-state index in [4.69, 9.17) is 0 Å². The number of hydrogen-bond acceptors (Lipinski definition) is 1. The second-order valence-corrected chi connectivity index (χ2v) is 6.33. The average Bonchev–Trinajstić information content (AvgIpc) is 2.96. The third kappa shape index (κ3) is 3.62. The Morgan fingerprint density at radius 2 is 2.00 bits per heavy atom. The molecule has 0 bridgehead atoms. The third-order valence-corrected chi connectivity index (χ3v) is 4.78. The summed E-state index contributed by atoms with van der Waals surface area (Å²) in [5.74, 6) is 0.854. The van der Waals surface area contributed by atoms with Gasteiger partial charge in [-0.25, -0.2) is 4.79 Å². The summed E-state index contributed by atoms with van der Waals surface area (Å²) in [5.41, 5.74) is 2.14. The number of nitrogens with one attached hydrogen (secondary N) is 3. The van der Waals surface area contributed by atoms with Crippen molar-refractivity contribution in [1.82, 2.24) is 15.6 Å². The van der Waals surface area contributed by atoms with Crippen LogP contribution in [-0.2, 0) is 6.54 Å². The van der Waals surface area contributed by atoms with Crippen LogP contribution in [0.1, 0.15) is 44.7 Å². The predicted molar refractivity (Wildman–Crippen MR) is 89.7 cm³/mol. The monoisotopic (exact) mass is 299 g/mol. The average molecular weight is 299 g/mol. The number of benzene rings is 1. The molecule has 0 radical (unpaired) electrons. The van der Waals surface area contributed by atoms with Gasteiger partial charge in [0.2, 0.25) is 0 Å². The van der Waals surface area contributed by atoms with E-state index in [9.17, 15) is 4.79 Å². The smallest absolute Gasteiger partial charge is 0.315 e. The van der Waals surface area contributed by atoms with Crippen LogP contribution in [0.4, 0.5) is 4.79 Å². The zero-order chi connectivity index (χ0) is 15.4. The molecule has 1 aliphatic rings. The van der Waals surface area contributed by atoms with Crippen molar-refractivity contribution in [2.24, 2.45) is 5.92 Å². The van der Waals surface area contributed by atoms with E-state index in [1.54, 1.807) is 0 Å². The summed E-state index contributed by atoms with van der Waals surface area (Å²) in [6.45, 7) is 2.79. The second-order valence-electron chi connectivity index (χ2n) is 6.33. The number of aromatic amines is 1. The van der Waals surface area contributed by atoms with Crippen molar-refractivity contribution in [3.05, 3.63) is 36.0 Å². The maximum absolute atomic E-state index is 12.0. The van der Waals surface area contributed by atoms with Crippen molar-refractivity contribution in [3.63, 3.8) is 0 Å². The zero-order valence-electron chi connectivity index (χ0n) is 13.2. The van der Waals surface area contributed by atoms with Gasteiger partial charge in [-0.15, -0.1) is 0 Å². The van der Waals surface area contributed by atoms with Crippen LogP contribution < -0.4 is 10.6 Å². The molecular weight excluding hydrogens is 274 g/mol. The van der Waals surface area contributed by atoms with E-state index in [-0.39, 0.29) is 6.03 Å². The Morgan fingerprint density at radius 3 is 2.73 bits per heavy atom. The van der Waals surface area contributed by atoms with Crippen LogP contribution in [0.5, 0.6) is 0 Å². The second kappa shape index (κ2) is 6.86. The normalized spacial score (nSPS) is 21.7. The largest absolute Gasteiger partial charge is 0.357 e. The molecule has 1 aromatic heterocycles. The van der Waals surface area contributed by atoms with Crippen LogP contribution in [0.2, 0.25) is 0 Å². The van der Waals surface area contributed by atoms with E-state index in [2.05, 4.69) is 34.7 Å². The first-order chi connectivity index (χ1) is 10.7. The molecule has 4 heteroatoms. The van der Waals surface area contributed by atoms with E-state index in [1.807, 2.05) is 18.2 Å². The predicted octanol–water partition coefficient (Wildman–Crippen LogP) is 3.94. The number of hydrogen-bond donors (Lipinski definition) is 3. The highest BCUT2D eigenvalue weighted by Gasteiger charge is 2.21. The van der Waals surface area contributed by atoms with Gasteiger partial charge in [0.15, 0.2) is 0 Å². The van der Waals surface area contributed by atoms with Gasteiger partial charge < -0.3 is 15.6 Å². The lowest BCUT2D eigenvalue weighted by Crippen LogP contribution is -2.43. The maximum Gasteiger partial charge on any atom is 0.315 e. The van der Waals surface area contributed by atoms with Crippen LogP contribution in [0.3, 0.4) is 0 Å². The summed E-state index contributed by atoms with van der Waals surface area (Å²) in [5, 5.41) is 7.23. The van der Waals surface area contributed by atoms with E-state index in [0.29, 0.717) is 12.6 Å². The number of amides is 2. The van der Waals surface area contributed by atoms with E-state index in [1.165, 1.54) is 24.6 Å². The van der Waals surface area contributed by atoms with Crippen molar-refractivity contribution in [2.75, 3.05) is 0 Å². The van der Waals surface area contributed by atoms with E-state index < -0.39 is 0 Å². The van der Waals surface area contributed by atoms with Gasteiger partial charge in [-0.05, 0) is 49.1 Å². The molecule has 0 unspecified atom stereocenters. The Morgan fingerprint density at radius 1 is 1.23 bits per heavy atom. The molecule has 2 aromatic rings. The lowest BCUT2D eigenvalue weighted by atomic mass is 9.85. The number of para-hydroxylation sites is 1. The van der Waals surface area contributed by atoms with Gasteiger partial charge in [0.25, 0.3) is 0 Å². The number of rotatable bonds is 4. The number of carbonyl (C=O) groups excluding carboxylic acids is 1. The van der Waals surface area contributed by atoms with Crippen molar-refractivity contribution >= 4 is 16.9 Å². The van der Waals surface area contributed by atoms with E-state index in [0.717, 1.165) is 30.0 Å². The highest BCUT2D eigenvalue weighted by molar-refractivity contribution is 5.80. The summed E-state index contributed by atoms with van der Waals surface area (Å²) in [4.78, 5) is 15.3. The van der Waals surface area contributed by atoms with E-state index >= 15 is 0 Å². The Balaban J connectivity index is 1.46. The molecule has 1 fully saturated rings. The minimum Gasteiger partial charge on any atom is -0.357 e. The molecule has 3 rings (SSSR count). The number of carbonyl (C=O) groups is 1. The number of H-pyrrole nitrogens is 1. The molecule has 1 heterocycles. The first kappa shape index (κ1) is 14.9. The van der Waals surface area contributed by atoms with Crippen molar-refractivity contribution in [2.45, 2.75) is 51.6 Å². The summed E-state index contributed by atoms with van der Waals surface area (Å²) in [6, 6.07) is 10.5. The van der Waals surface area contributed by atoms with Crippen LogP contribution in [0.25, 0.3) is 10.9 Å². The molecule has 0 spiro atoms. The van der Waals surface area contributed by atoms with Crippen LogP contribution in [0, 0.1) is 5.92 Å². The highest BCUT2D eigenvalue weighted by atomic mass is 16.2. The Bertz CT molecular complexity index is 593. The lowest BCUT2D eigenvalue weighted by Gasteiger charge is -2.28. The molecule has 118 valence electrons. The Labute approximate surface area is 131 Å². The van der Waals surface area contributed by atoms with Gasteiger partial charge >= 0.3 is 6.03 Å². The third-order valence-electron chi connectivity index (χ3n) is 4.78. The van der Waals surface area contributed by atoms with Crippen molar-refractivity contribution < 1.29 is 4.79 Å². The fourth-order valence-corrected chi connectivity index (χ4v) is 3.36. The number of aromatic nitrogens is 1. The molecule has 22 heavy (non-hydrogen) atoms. The zero-order valence-corrected chi connectivity index (χ0v) is 13.2. The quantitative estimate of drug-likeness (QED) is 0.787. The molecule has 0 atom stereocenters. The Hall–Kier alpha value is -1.97. The van der Waals surface area contributed by atoms with Crippen LogP contribution in [-0.4, -0.2) is 17.1 Å². The first-order valence-corrected chi connectivity index (χ1v) is 8.35. The SMILES string of the molecule is CCC1CCC(NC(=O)NCc2cc3ccccc3[nH]2)CC1. The summed E-state index contributed by atoms with van der Waals surface area (Å²) < 4.78 is 0. The summed E-state index contributed by atoms with van der Waals surface area (Å²) in [6.07, 6.45) is 5.96. The number of urea groups is 1. The van der Waals surface area contributed by atoms with Gasteiger partial charge in [-0.3, -0.25) is 0 Å². The van der Waals surface area contributed by atoms with Gasteiger partial charge in [0.1, 0.15) is 0 Å². The van der Waals surface area contributed by atoms with Crippen molar-refractivity contribution in [3.8, 4) is 0 Å². The Kier molecular flexibility index (Phi) is 4.66. The fourth-order valence-electron chi connectivity index (χ4n) is 3.36. The molecule has 1 aromatic carbocycles. The molecule has 1 saturated carbocycles. The number of fused-ring (bicyclic) bond motifs is 1.